The van der Waals surface area contributed by atoms with Gasteiger partial charge in [0.2, 0.25) is 11.8 Å². The number of carbonyl (C=O) groups excluding carboxylic acids is 5. The van der Waals surface area contributed by atoms with E-state index in [1.807, 2.05) is 60.7 Å². The number of hydrogen-bond acceptors (Lipinski definition) is 9. The Morgan fingerprint density at radius 1 is 0.881 bits per heavy atom. The Hall–Kier alpha value is -6.38. The van der Waals surface area contributed by atoms with E-state index in [-0.39, 0.29) is 23.8 Å². The fourth-order valence-corrected chi connectivity index (χ4v) is 7.11. The van der Waals surface area contributed by atoms with Gasteiger partial charge in [-0.15, -0.1) is 0 Å². The molecule has 0 spiro atoms. The van der Waals surface area contributed by atoms with Crippen LogP contribution in [0.2, 0.25) is 0 Å². The predicted octanol–water partition coefficient (Wildman–Crippen LogP) is 5.85. The second-order valence-electron chi connectivity index (χ2n) is 16.3. The first-order chi connectivity index (χ1) is 28.2. The Morgan fingerprint density at radius 3 is 2.37 bits per heavy atom. The van der Waals surface area contributed by atoms with Crippen molar-refractivity contribution in [2.75, 3.05) is 18.4 Å². The van der Waals surface area contributed by atoms with Gasteiger partial charge in [0.25, 0.3) is 5.91 Å². The third kappa shape index (κ3) is 10.8. The van der Waals surface area contributed by atoms with Crippen molar-refractivity contribution < 1.29 is 28.7 Å². The zero-order valence-electron chi connectivity index (χ0n) is 34.5. The van der Waals surface area contributed by atoms with Crippen LogP contribution in [0.4, 0.5) is 15.3 Å². The van der Waals surface area contributed by atoms with Gasteiger partial charge in [0, 0.05) is 62.3 Å². The van der Waals surface area contributed by atoms with Crippen LogP contribution in [0, 0.1) is 5.92 Å². The van der Waals surface area contributed by atoms with Gasteiger partial charge >= 0.3 is 12.1 Å². The highest BCUT2D eigenvalue weighted by molar-refractivity contribution is 6.07. The molecule has 4 heterocycles. The molecule has 0 saturated carbocycles. The average Bonchev–Trinajstić information content (AvgIpc) is 3.64. The van der Waals surface area contributed by atoms with Crippen molar-refractivity contribution in [2.24, 2.45) is 11.0 Å². The first-order valence-electron chi connectivity index (χ1n) is 20.0. The molecule has 4 aromatic rings. The van der Waals surface area contributed by atoms with Gasteiger partial charge < -0.3 is 30.9 Å². The number of nitrogens with zero attached hydrogens (tertiary/aromatic N) is 5. The predicted molar refractivity (Wildman–Crippen MR) is 224 cm³/mol. The van der Waals surface area contributed by atoms with Gasteiger partial charge in [0.05, 0.1) is 17.1 Å². The number of rotatable bonds is 13. The third-order valence-corrected chi connectivity index (χ3v) is 10.2. The highest BCUT2D eigenvalue weighted by Gasteiger charge is 2.34. The van der Waals surface area contributed by atoms with E-state index >= 15 is 0 Å². The molecule has 0 fully saturated rings. The molecule has 0 saturated heterocycles. The lowest BCUT2D eigenvalue weighted by Crippen LogP contribution is -2.55. The monoisotopic (exact) mass is 803 g/mol. The van der Waals surface area contributed by atoms with E-state index in [0.717, 1.165) is 38.9 Å². The van der Waals surface area contributed by atoms with Crippen LogP contribution in [0.25, 0.3) is 10.9 Å². The molecule has 15 heteroatoms. The summed E-state index contributed by atoms with van der Waals surface area (Å²) < 4.78 is 5.30. The Labute approximate surface area is 344 Å². The molecular formula is C44H53N9O6. The summed E-state index contributed by atoms with van der Waals surface area (Å²) in [6.45, 7) is 12.0. The van der Waals surface area contributed by atoms with Gasteiger partial charge in [-0.05, 0) is 99.0 Å². The lowest BCUT2D eigenvalue weighted by Gasteiger charge is -2.30. The average molecular weight is 804 g/mol. The largest absolute Gasteiger partial charge is 0.444 e. The molecule has 3 atom stereocenters. The fourth-order valence-electron chi connectivity index (χ4n) is 7.11. The topological polar surface area (TPSA) is 187 Å². The van der Waals surface area contributed by atoms with Crippen molar-refractivity contribution >= 4 is 52.1 Å². The van der Waals surface area contributed by atoms with Crippen LogP contribution in [0.15, 0.2) is 84.4 Å². The summed E-state index contributed by atoms with van der Waals surface area (Å²) >= 11 is 0. The molecule has 2 aliphatic rings. The quantitative estimate of drug-likeness (QED) is 0.121. The number of carbonyl (C=O) groups is 5. The summed E-state index contributed by atoms with van der Waals surface area (Å²) in [7, 11) is 0. The molecule has 4 N–H and O–H groups in total. The van der Waals surface area contributed by atoms with Crippen molar-refractivity contribution in [1.82, 2.24) is 35.8 Å². The number of aromatic nitrogens is 2. The van der Waals surface area contributed by atoms with E-state index in [2.05, 4.69) is 31.2 Å². The number of hydrogen-bond donors (Lipinski definition) is 4. The first kappa shape index (κ1) is 42.2. The van der Waals surface area contributed by atoms with Gasteiger partial charge in [0.15, 0.2) is 0 Å². The second kappa shape index (κ2) is 18.5. The second-order valence-corrected chi connectivity index (χ2v) is 16.3. The van der Waals surface area contributed by atoms with E-state index in [4.69, 9.17) is 9.84 Å². The number of hydrazone groups is 1. The highest BCUT2D eigenvalue weighted by Crippen LogP contribution is 2.34. The van der Waals surface area contributed by atoms with Crippen LogP contribution in [0.5, 0.6) is 0 Å². The number of benzene rings is 2. The number of alkyl carbamates (subject to hydrolysis) is 1. The Bertz CT molecular complexity index is 2190. The van der Waals surface area contributed by atoms with Gasteiger partial charge in [-0.25, -0.2) is 14.6 Å². The number of anilines is 1. The normalized spacial score (nSPS) is 16.2. The number of ether oxygens (including phenoxy) is 1. The zero-order valence-corrected chi connectivity index (χ0v) is 34.5. The molecule has 3 unspecified atom stereocenters. The first-order valence-corrected chi connectivity index (χ1v) is 20.0. The van der Waals surface area contributed by atoms with Crippen LogP contribution < -0.4 is 21.3 Å². The van der Waals surface area contributed by atoms with Gasteiger partial charge in [-0.1, -0.05) is 44.2 Å². The zero-order chi connectivity index (χ0) is 42.3. The van der Waals surface area contributed by atoms with Crippen molar-refractivity contribution in [3.05, 3.63) is 102 Å². The Balaban J connectivity index is 1.07. The number of urea groups is 1. The number of fused-ring (bicyclic) bond motifs is 2. The third-order valence-electron chi connectivity index (χ3n) is 10.2. The maximum atomic E-state index is 14.1. The molecule has 0 radical (unpaired) electrons. The lowest BCUT2D eigenvalue weighted by atomic mass is 9.86. The van der Waals surface area contributed by atoms with Crippen LogP contribution in [-0.4, -0.2) is 86.2 Å². The minimum absolute atomic E-state index is 0.129. The molecule has 310 valence electrons. The maximum Gasteiger partial charge on any atom is 0.408 e. The fraction of sp³-hybridized carbons (Fsp3) is 0.409. The summed E-state index contributed by atoms with van der Waals surface area (Å²) in [5.74, 6) is -1.76. The summed E-state index contributed by atoms with van der Waals surface area (Å²) in [5.41, 5.74) is 5.26. The molecule has 0 aliphatic carbocycles. The summed E-state index contributed by atoms with van der Waals surface area (Å²) in [4.78, 5) is 75.9. The maximum absolute atomic E-state index is 14.1. The standard InChI is InChI=1S/C44H53N9O6/c1-27(2)38(50-43(58)59-44(4,5)6)40(55)48-28(3)39(54)47-19-7-8-22-53-41(56)35(33-11-9-13-36-34(33)12-10-20-46-36)23-37(51-53)29-14-16-32(17-15-29)49-42(57)52-25-30-18-21-45-24-31(30)26-52/h9-18,20-21,24,27-28,35,38H,7-8,19,22-23,25-26H2,1-6H3,(H,47,54)(H,48,55)(H,49,57)(H,50,58). The number of nitrogens with one attached hydrogen (secondary N) is 4. The van der Waals surface area contributed by atoms with Crippen LogP contribution >= 0.6 is 0 Å². The lowest BCUT2D eigenvalue weighted by molar-refractivity contribution is -0.133. The van der Waals surface area contributed by atoms with E-state index in [0.29, 0.717) is 51.1 Å². The van der Waals surface area contributed by atoms with E-state index in [1.165, 1.54) is 5.01 Å². The van der Waals surface area contributed by atoms with E-state index in [1.54, 1.807) is 65.0 Å². The molecule has 6 rings (SSSR count). The Morgan fingerprint density at radius 2 is 1.64 bits per heavy atom. The molecule has 2 aliphatic heterocycles. The van der Waals surface area contributed by atoms with Crippen molar-refractivity contribution in [1.29, 1.82) is 0 Å². The summed E-state index contributed by atoms with van der Waals surface area (Å²) in [6, 6.07) is 17.1. The highest BCUT2D eigenvalue weighted by atomic mass is 16.6. The molecule has 6 amide bonds. The number of unbranched alkanes of at least 4 members (excludes halogenated alkanes) is 1. The van der Waals surface area contributed by atoms with Crippen LogP contribution in [0.1, 0.15) is 89.0 Å². The molecule has 2 aromatic carbocycles. The molecule has 15 nitrogen and oxygen atoms in total. The van der Waals surface area contributed by atoms with Crippen molar-refractivity contribution in [3.8, 4) is 0 Å². The van der Waals surface area contributed by atoms with E-state index < -0.39 is 35.6 Å². The minimum atomic E-state index is -0.891. The van der Waals surface area contributed by atoms with Gasteiger partial charge in [0.1, 0.15) is 17.7 Å². The smallest absolute Gasteiger partial charge is 0.408 e. The molecule has 2 aromatic heterocycles. The Kier molecular flexibility index (Phi) is 13.2. The van der Waals surface area contributed by atoms with Crippen molar-refractivity contribution in [3.63, 3.8) is 0 Å². The molecule has 0 bridgehead atoms. The van der Waals surface area contributed by atoms with E-state index in [9.17, 15) is 24.0 Å². The number of pyridine rings is 2. The van der Waals surface area contributed by atoms with Gasteiger partial charge in [-0.3, -0.25) is 24.4 Å². The SMILES string of the molecule is CC(NC(=O)C(NC(=O)OC(C)(C)C)C(C)C)C(=O)NCCCCN1N=C(c2ccc(NC(=O)N3Cc4ccncc4C3)cc2)CC(c2cccc3ncccc23)C1=O. The summed E-state index contributed by atoms with van der Waals surface area (Å²) in [6.07, 6.45) is 6.01. The molecular weight excluding hydrogens is 751 g/mol. The van der Waals surface area contributed by atoms with Crippen LogP contribution in [0.3, 0.4) is 0 Å². The number of amides is 6. The van der Waals surface area contributed by atoms with Crippen molar-refractivity contribution in [2.45, 2.75) is 97.5 Å². The summed E-state index contributed by atoms with van der Waals surface area (Å²) in [5, 5.41) is 18.4. The van der Waals surface area contributed by atoms with Crippen LogP contribution in [-0.2, 0) is 32.2 Å². The van der Waals surface area contributed by atoms with Gasteiger partial charge in [-0.2, -0.15) is 5.10 Å². The minimum Gasteiger partial charge on any atom is -0.444 e. The molecule has 59 heavy (non-hydrogen) atoms.